The first-order valence-corrected chi connectivity index (χ1v) is 5.14. The number of hydrogen-bond acceptors (Lipinski definition) is 5. The third-order valence-corrected chi connectivity index (χ3v) is 3.04. The smallest absolute Gasteiger partial charge is 0.246 e. The van der Waals surface area contributed by atoms with Crippen molar-refractivity contribution >= 4 is 22.4 Å². The fourth-order valence-corrected chi connectivity index (χ4v) is 1.80. The molecule has 1 amide bonds. The molecule has 6 heteroatoms. The van der Waals surface area contributed by atoms with Gasteiger partial charge in [0.2, 0.25) is 11.0 Å². The largest absolute Gasteiger partial charge is 0.299 e. The Kier molecular flexibility index (Phi) is 2.17. The van der Waals surface area contributed by atoms with Crippen molar-refractivity contribution in [3.05, 3.63) is 5.51 Å². The van der Waals surface area contributed by atoms with E-state index in [1.165, 1.54) is 16.8 Å². The van der Waals surface area contributed by atoms with Gasteiger partial charge < -0.3 is 0 Å². The van der Waals surface area contributed by atoms with Crippen molar-refractivity contribution < 1.29 is 4.79 Å². The van der Waals surface area contributed by atoms with Gasteiger partial charge in [-0.2, -0.15) is 5.26 Å². The van der Waals surface area contributed by atoms with Gasteiger partial charge in [0.1, 0.15) is 10.9 Å². The molecule has 14 heavy (non-hydrogen) atoms. The van der Waals surface area contributed by atoms with Crippen LogP contribution >= 0.6 is 11.3 Å². The molecular weight excluding hydrogens is 200 g/mol. The second-order valence-electron chi connectivity index (χ2n) is 3.25. The van der Waals surface area contributed by atoms with Gasteiger partial charge in [-0.15, -0.1) is 10.2 Å². The quantitative estimate of drug-likeness (QED) is 0.791. The highest BCUT2D eigenvalue weighted by Gasteiger charge is 2.44. The lowest BCUT2D eigenvalue weighted by atomic mass is 9.69. The second-order valence-corrected chi connectivity index (χ2v) is 4.08. The molecule has 0 aliphatic heterocycles. The Balaban J connectivity index is 2.06. The number of rotatable bonds is 2. The van der Waals surface area contributed by atoms with Gasteiger partial charge in [-0.25, -0.2) is 0 Å². The Morgan fingerprint density at radius 2 is 2.50 bits per heavy atom. The van der Waals surface area contributed by atoms with Gasteiger partial charge in [0.15, 0.2) is 0 Å². The van der Waals surface area contributed by atoms with Crippen molar-refractivity contribution in [1.82, 2.24) is 10.2 Å². The first kappa shape index (κ1) is 9.09. The highest BCUT2D eigenvalue weighted by molar-refractivity contribution is 7.13. The fourth-order valence-electron chi connectivity index (χ4n) is 1.36. The van der Waals surface area contributed by atoms with E-state index in [-0.39, 0.29) is 5.91 Å². The van der Waals surface area contributed by atoms with E-state index in [0.717, 1.165) is 6.42 Å². The lowest BCUT2D eigenvalue weighted by Gasteiger charge is -2.32. The van der Waals surface area contributed by atoms with E-state index in [1.807, 2.05) is 0 Å². The van der Waals surface area contributed by atoms with E-state index in [2.05, 4.69) is 21.6 Å². The molecule has 1 fully saturated rings. The Morgan fingerprint density at radius 3 is 2.93 bits per heavy atom. The van der Waals surface area contributed by atoms with E-state index in [4.69, 9.17) is 5.26 Å². The van der Waals surface area contributed by atoms with Gasteiger partial charge in [-0.3, -0.25) is 10.1 Å². The molecule has 1 aromatic rings. The number of carbonyl (C=O) groups excluding carboxylic acids is 1. The molecule has 72 valence electrons. The molecule has 0 spiro atoms. The summed E-state index contributed by atoms with van der Waals surface area (Å²) in [5, 5.41) is 19.2. The standard InChI is InChI=1S/C8H8N4OS/c9-4-8(2-1-3-8)6(13)11-7-12-10-5-14-7/h5H,1-3H2,(H,11,12,13). The van der Waals surface area contributed by atoms with Crippen LogP contribution < -0.4 is 5.32 Å². The molecule has 1 heterocycles. The van der Waals surface area contributed by atoms with Crippen LogP contribution in [-0.4, -0.2) is 16.1 Å². The predicted octanol–water partition coefficient (Wildman–Crippen LogP) is 1.17. The summed E-state index contributed by atoms with van der Waals surface area (Å²) in [6.45, 7) is 0. The molecule has 0 aromatic carbocycles. The number of anilines is 1. The minimum absolute atomic E-state index is 0.247. The molecule has 1 aliphatic rings. The molecule has 0 saturated heterocycles. The lowest BCUT2D eigenvalue weighted by molar-refractivity contribution is -0.126. The summed E-state index contributed by atoms with van der Waals surface area (Å²) in [5.74, 6) is -0.247. The van der Waals surface area contributed by atoms with E-state index in [0.29, 0.717) is 18.0 Å². The van der Waals surface area contributed by atoms with Crippen molar-refractivity contribution in [2.24, 2.45) is 5.41 Å². The molecular formula is C8H8N4OS. The average Bonchev–Trinajstić information content (AvgIpc) is 2.55. The topological polar surface area (TPSA) is 78.7 Å². The molecule has 1 saturated carbocycles. The Morgan fingerprint density at radius 1 is 1.71 bits per heavy atom. The maximum atomic E-state index is 11.7. The van der Waals surface area contributed by atoms with Crippen LogP contribution in [0.2, 0.25) is 0 Å². The normalized spacial score (nSPS) is 17.9. The summed E-state index contributed by atoms with van der Waals surface area (Å²) in [4.78, 5) is 11.7. The zero-order valence-corrected chi connectivity index (χ0v) is 8.17. The van der Waals surface area contributed by atoms with Crippen LogP contribution in [0.1, 0.15) is 19.3 Å². The van der Waals surface area contributed by atoms with Crippen LogP contribution in [0.25, 0.3) is 0 Å². The lowest BCUT2D eigenvalue weighted by Crippen LogP contribution is -2.40. The summed E-state index contributed by atoms with van der Waals surface area (Å²) in [5.41, 5.74) is 0.723. The van der Waals surface area contributed by atoms with Crippen LogP contribution in [0.5, 0.6) is 0 Å². The number of carbonyl (C=O) groups is 1. The molecule has 1 N–H and O–H groups in total. The van der Waals surface area contributed by atoms with Crippen LogP contribution in [0.15, 0.2) is 5.51 Å². The number of hydrogen-bond donors (Lipinski definition) is 1. The van der Waals surface area contributed by atoms with Crippen molar-refractivity contribution in [1.29, 1.82) is 5.26 Å². The van der Waals surface area contributed by atoms with Crippen molar-refractivity contribution in [2.45, 2.75) is 19.3 Å². The van der Waals surface area contributed by atoms with E-state index in [9.17, 15) is 4.79 Å². The molecule has 0 atom stereocenters. The zero-order valence-electron chi connectivity index (χ0n) is 7.36. The van der Waals surface area contributed by atoms with Gasteiger partial charge in [-0.1, -0.05) is 11.3 Å². The minimum atomic E-state index is -0.814. The van der Waals surface area contributed by atoms with Gasteiger partial charge in [0.05, 0.1) is 6.07 Å². The number of nitrogens with one attached hydrogen (secondary N) is 1. The van der Waals surface area contributed by atoms with E-state index < -0.39 is 5.41 Å². The number of nitrogens with zero attached hydrogens (tertiary/aromatic N) is 3. The Bertz CT molecular complexity index is 377. The molecule has 1 aliphatic carbocycles. The molecule has 0 radical (unpaired) electrons. The van der Waals surface area contributed by atoms with Gasteiger partial charge in [0.25, 0.3) is 0 Å². The highest BCUT2D eigenvalue weighted by atomic mass is 32.1. The Labute approximate surface area is 84.8 Å². The van der Waals surface area contributed by atoms with E-state index in [1.54, 1.807) is 0 Å². The van der Waals surface area contributed by atoms with Crippen molar-refractivity contribution in [3.63, 3.8) is 0 Å². The third-order valence-electron chi connectivity index (χ3n) is 2.44. The molecule has 5 nitrogen and oxygen atoms in total. The van der Waals surface area contributed by atoms with E-state index >= 15 is 0 Å². The first-order chi connectivity index (χ1) is 6.77. The van der Waals surface area contributed by atoms with Crippen LogP contribution in [0.4, 0.5) is 5.13 Å². The van der Waals surface area contributed by atoms with Crippen molar-refractivity contribution in [2.75, 3.05) is 5.32 Å². The van der Waals surface area contributed by atoms with Crippen LogP contribution in [0, 0.1) is 16.7 Å². The molecule has 2 rings (SSSR count). The van der Waals surface area contributed by atoms with Crippen molar-refractivity contribution in [3.8, 4) is 6.07 Å². The minimum Gasteiger partial charge on any atom is -0.299 e. The average molecular weight is 208 g/mol. The van der Waals surface area contributed by atoms with Crippen LogP contribution in [-0.2, 0) is 4.79 Å². The predicted molar refractivity (Wildman–Crippen MR) is 50.4 cm³/mol. The molecule has 0 unspecified atom stereocenters. The first-order valence-electron chi connectivity index (χ1n) is 4.26. The Hall–Kier alpha value is -1.48. The number of aromatic nitrogens is 2. The van der Waals surface area contributed by atoms with Gasteiger partial charge >= 0.3 is 0 Å². The van der Waals surface area contributed by atoms with Gasteiger partial charge in [-0.05, 0) is 19.3 Å². The summed E-state index contributed by atoms with van der Waals surface area (Å²) in [6.07, 6.45) is 2.24. The zero-order chi connectivity index (χ0) is 10.0. The second kappa shape index (κ2) is 3.35. The summed E-state index contributed by atoms with van der Waals surface area (Å²) >= 11 is 1.25. The molecule has 1 aromatic heterocycles. The maximum Gasteiger partial charge on any atom is 0.246 e. The summed E-state index contributed by atoms with van der Waals surface area (Å²) in [7, 11) is 0. The van der Waals surface area contributed by atoms with Gasteiger partial charge in [0, 0.05) is 0 Å². The number of amides is 1. The fraction of sp³-hybridized carbons (Fsp3) is 0.500. The number of nitriles is 1. The molecule has 0 bridgehead atoms. The SMILES string of the molecule is N#CC1(C(=O)Nc2nncs2)CCC1. The monoisotopic (exact) mass is 208 g/mol. The summed E-state index contributed by atoms with van der Waals surface area (Å²) < 4.78 is 0. The third kappa shape index (κ3) is 1.36. The maximum absolute atomic E-state index is 11.7. The van der Waals surface area contributed by atoms with Crippen LogP contribution in [0.3, 0.4) is 0 Å². The highest BCUT2D eigenvalue weighted by Crippen LogP contribution is 2.41. The summed E-state index contributed by atoms with van der Waals surface area (Å²) in [6, 6.07) is 2.07.